The lowest BCUT2D eigenvalue weighted by atomic mass is 10.1. The average Bonchev–Trinajstić information content (AvgIpc) is 2.40. The van der Waals surface area contributed by atoms with Crippen LogP contribution in [0.25, 0.3) is 0 Å². The van der Waals surface area contributed by atoms with E-state index in [0.29, 0.717) is 17.1 Å². The summed E-state index contributed by atoms with van der Waals surface area (Å²) in [4.78, 5) is 11.5. The summed E-state index contributed by atoms with van der Waals surface area (Å²) in [5, 5.41) is 3.13. The largest absolute Gasteiger partial charge is 0.493 e. The molecule has 18 heavy (non-hydrogen) atoms. The molecule has 0 heterocycles. The number of hydrogen-bond donors (Lipinski definition) is 1. The first kappa shape index (κ1) is 16.3. The molecule has 0 spiro atoms. The highest BCUT2D eigenvalue weighted by atomic mass is 16.5. The van der Waals surface area contributed by atoms with E-state index in [1.54, 1.807) is 26.4 Å². The number of ketones is 1. The van der Waals surface area contributed by atoms with Crippen LogP contribution in [0.2, 0.25) is 0 Å². The minimum absolute atomic E-state index is 0.00287. The minimum Gasteiger partial charge on any atom is -0.493 e. The van der Waals surface area contributed by atoms with E-state index in [0.717, 1.165) is 12.2 Å². The van der Waals surface area contributed by atoms with Crippen molar-refractivity contribution in [1.82, 2.24) is 0 Å². The second kappa shape index (κ2) is 8.39. The number of carbonyl (C=O) groups excluding carboxylic acids is 1. The van der Waals surface area contributed by atoms with E-state index in [1.807, 2.05) is 20.8 Å². The van der Waals surface area contributed by atoms with Crippen LogP contribution in [0.3, 0.4) is 0 Å². The molecular formula is C14H23NO3. The van der Waals surface area contributed by atoms with Gasteiger partial charge in [-0.1, -0.05) is 13.8 Å². The molecule has 0 bridgehead atoms. The van der Waals surface area contributed by atoms with Crippen molar-refractivity contribution in [1.29, 1.82) is 0 Å². The van der Waals surface area contributed by atoms with Gasteiger partial charge in [0, 0.05) is 23.9 Å². The minimum atomic E-state index is -0.00287. The first-order valence-corrected chi connectivity index (χ1v) is 6.14. The van der Waals surface area contributed by atoms with E-state index in [2.05, 4.69) is 5.32 Å². The third-order valence-electron chi connectivity index (χ3n) is 2.27. The van der Waals surface area contributed by atoms with E-state index in [9.17, 15) is 4.79 Å². The van der Waals surface area contributed by atoms with E-state index >= 15 is 0 Å². The van der Waals surface area contributed by atoms with Crippen LogP contribution in [0.5, 0.6) is 11.5 Å². The monoisotopic (exact) mass is 253 g/mol. The van der Waals surface area contributed by atoms with Crippen LogP contribution in [0.4, 0.5) is 5.69 Å². The highest BCUT2D eigenvalue weighted by molar-refractivity contribution is 6.00. The molecule has 1 rings (SSSR count). The molecule has 0 aromatic heterocycles. The lowest BCUT2D eigenvalue weighted by Gasteiger charge is -2.13. The van der Waals surface area contributed by atoms with Crippen molar-refractivity contribution in [2.24, 2.45) is 0 Å². The van der Waals surface area contributed by atoms with Crippen LogP contribution in [0.1, 0.15) is 38.1 Å². The van der Waals surface area contributed by atoms with Crippen molar-refractivity contribution < 1.29 is 14.3 Å². The molecule has 0 aliphatic carbocycles. The predicted octanol–water partition coefficient (Wildman–Crippen LogP) is 3.36. The van der Waals surface area contributed by atoms with Gasteiger partial charge >= 0.3 is 0 Å². The van der Waals surface area contributed by atoms with Crippen LogP contribution in [-0.4, -0.2) is 26.5 Å². The van der Waals surface area contributed by atoms with Gasteiger partial charge in [0.15, 0.2) is 17.3 Å². The summed E-state index contributed by atoms with van der Waals surface area (Å²) >= 11 is 0. The van der Waals surface area contributed by atoms with Gasteiger partial charge in [0.05, 0.1) is 14.2 Å². The Bertz CT molecular complexity index is 389. The Balaban J connectivity index is 0.00000137. The SMILES string of the molecule is CC.CCNc1cc(OC)c(OC)cc1C(C)=O. The van der Waals surface area contributed by atoms with Crippen molar-refractivity contribution in [2.75, 3.05) is 26.1 Å². The smallest absolute Gasteiger partial charge is 0.162 e. The third-order valence-corrected chi connectivity index (χ3v) is 2.27. The van der Waals surface area contributed by atoms with Crippen molar-refractivity contribution >= 4 is 11.5 Å². The van der Waals surface area contributed by atoms with Crippen molar-refractivity contribution in [3.05, 3.63) is 17.7 Å². The van der Waals surface area contributed by atoms with Gasteiger partial charge in [-0.05, 0) is 19.9 Å². The maximum absolute atomic E-state index is 11.5. The number of rotatable bonds is 5. The van der Waals surface area contributed by atoms with E-state index in [-0.39, 0.29) is 5.78 Å². The lowest BCUT2D eigenvalue weighted by molar-refractivity contribution is 0.101. The average molecular weight is 253 g/mol. The van der Waals surface area contributed by atoms with E-state index in [1.165, 1.54) is 6.92 Å². The fraction of sp³-hybridized carbons (Fsp3) is 0.500. The van der Waals surface area contributed by atoms with Crippen LogP contribution >= 0.6 is 0 Å². The normalized spacial score (nSPS) is 9.00. The van der Waals surface area contributed by atoms with Crippen LogP contribution in [-0.2, 0) is 0 Å². The zero-order valence-corrected chi connectivity index (χ0v) is 12.1. The second-order valence-corrected chi connectivity index (χ2v) is 3.34. The van der Waals surface area contributed by atoms with Crippen LogP contribution in [0.15, 0.2) is 12.1 Å². The number of benzene rings is 1. The Morgan fingerprint density at radius 2 is 1.67 bits per heavy atom. The molecule has 0 saturated carbocycles. The summed E-state index contributed by atoms with van der Waals surface area (Å²) in [7, 11) is 3.12. The molecule has 0 saturated heterocycles. The highest BCUT2D eigenvalue weighted by Crippen LogP contribution is 2.33. The van der Waals surface area contributed by atoms with Gasteiger partial charge in [-0.15, -0.1) is 0 Å². The Labute approximate surface area is 109 Å². The summed E-state index contributed by atoms with van der Waals surface area (Å²) < 4.78 is 10.3. The fourth-order valence-corrected chi connectivity index (χ4v) is 1.51. The summed E-state index contributed by atoms with van der Waals surface area (Å²) in [5.74, 6) is 1.18. The summed E-state index contributed by atoms with van der Waals surface area (Å²) in [6, 6.07) is 3.47. The molecule has 0 amide bonds. The first-order valence-electron chi connectivity index (χ1n) is 6.14. The zero-order chi connectivity index (χ0) is 14.1. The quantitative estimate of drug-likeness (QED) is 0.817. The van der Waals surface area contributed by atoms with Crippen molar-refractivity contribution in [3.63, 3.8) is 0 Å². The van der Waals surface area contributed by atoms with Crippen molar-refractivity contribution in [3.8, 4) is 11.5 Å². The molecule has 0 unspecified atom stereocenters. The summed E-state index contributed by atoms with van der Waals surface area (Å²) in [5.41, 5.74) is 1.38. The van der Waals surface area contributed by atoms with E-state index < -0.39 is 0 Å². The Hall–Kier alpha value is -1.71. The molecule has 4 heteroatoms. The standard InChI is InChI=1S/C12H17NO3.C2H6/c1-5-13-10-7-12(16-4)11(15-3)6-9(10)8(2)14;1-2/h6-7,13H,5H2,1-4H3;1-2H3. The fourth-order valence-electron chi connectivity index (χ4n) is 1.51. The summed E-state index contributed by atoms with van der Waals surface area (Å²) in [6.45, 7) is 8.25. The van der Waals surface area contributed by atoms with Gasteiger partial charge in [0.2, 0.25) is 0 Å². The molecular weight excluding hydrogens is 230 g/mol. The van der Waals surface area contributed by atoms with Crippen LogP contribution in [0, 0.1) is 0 Å². The molecule has 4 nitrogen and oxygen atoms in total. The molecule has 1 aromatic carbocycles. The number of Topliss-reactive ketones (excluding diaryl/α,β-unsaturated/α-hetero) is 1. The van der Waals surface area contributed by atoms with Gasteiger partial charge in [-0.2, -0.15) is 0 Å². The number of ether oxygens (including phenoxy) is 2. The van der Waals surface area contributed by atoms with Crippen LogP contribution < -0.4 is 14.8 Å². The lowest BCUT2D eigenvalue weighted by Crippen LogP contribution is -2.05. The Morgan fingerprint density at radius 3 is 2.06 bits per heavy atom. The number of carbonyl (C=O) groups is 1. The summed E-state index contributed by atoms with van der Waals surface area (Å²) in [6.07, 6.45) is 0. The predicted molar refractivity (Wildman–Crippen MR) is 75.1 cm³/mol. The van der Waals surface area contributed by atoms with Crippen molar-refractivity contribution in [2.45, 2.75) is 27.7 Å². The second-order valence-electron chi connectivity index (χ2n) is 3.34. The van der Waals surface area contributed by atoms with E-state index in [4.69, 9.17) is 9.47 Å². The molecule has 1 N–H and O–H groups in total. The maximum Gasteiger partial charge on any atom is 0.162 e. The molecule has 0 atom stereocenters. The Kier molecular flexibility index (Phi) is 7.59. The highest BCUT2D eigenvalue weighted by Gasteiger charge is 2.13. The Morgan fingerprint density at radius 1 is 1.17 bits per heavy atom. The number of anilines is 1. The van der Waals surface area contributed by atoms with Gasteiger partial charge in [-0.25, -0.2) is 0 Å². The topological polar surface area (TPSA) is 47.6 Å². The number of nitrogens with one attached hydrogen (secondary N) is 1. The molecule has 0 aliphatic heterocycles. The molecule has 102 valence electrons. The zero-order valence-electron chi connectivity index (χ0n) is 12.1. The molecule has 0 fully saturated rings. The van der Waals surface area contributed by atoms with Gasteiger partial charge in [0.25, 0.3) is 0 Å². The number of hydrogen-bond acceptors (Lipinski definition) is 4. The van der Waals surface area contributed by atoms with Gasteiger partial charge < -0.3 is 14.8 Å². The molecule has 1 aromatic rings. The maximum atomic E-state index is 11.5. The molecule has 0 aliphatic rings. The van der Waals surface area contributed by atoms with Gasteiger partial charge in [0.1, 0.15) is 0 Å². The number of methoxy groups -OCH3 is 2. The first-order chi connectivity index (χ1) is 8.63. The molecule has 0 radical (unpaired) electrons. The van der Waals surface area contributed by atoms with Gasteiger partial charge in [-0.3, -0.25) is 4.79 Å². The third kappa shape index (κ3) is 3.95.